The molecule has 1 aromatic carbocycles. The van der Waals surface area contributed by atoms with Crippen molar-refractivity contribution in [2.24, 2.45) is 0 Å². The predicted molar refractivity (Wildman–Crippen MR) is 62.0 cm³/mol. The number of hydrogen-bond donors (Lipinski definition) is 2. The van der Waals surface area contributed by atoms with Gasteiger partial charge in [-0.15, -0.1) is 0 Å². The second kappa shape index (κ2) is 4.85. The third-order valence-corrected chi connectivity index (χ3v) is 4.38. The van der Waals surface area contributed by atoms with Crippen LogP contribution < -0.4 is 0 Å². The van der Waals surface area contributed by atoms with Crippen molar-refractivity contribution in [1.29, 1.82) is 0 Å². The van der Waals surface area contributed by atoms with Crippen LogP contribution in [0.15, 0.2) is 17.0 Å². The number of carboxylic acids is 1. The van der Waals surface area contributed by atoms with Gasteiger partial charge in [0.1, 0.15) is 0 Å². The van der Waals surface area contributed by atoms with E-state index in [9.17, 15) is 13.2 Å². The van der Waals surface area contributed by atoms with E-state index in [2.05, 4.69) is 0 Å². The predicted octanol–water partition coefficient (Wildman–Crippen LogP) is 0.768. The first-order chi connectivity index (χ1) is 7.79. The van der Waals surface area contributed by atoms with E-state index in [1.54, 1.807) is 13.8 Å². The highest BCUT2D eigenvalue weighted by Gasteiger charge is 2.20. The summed E-state index contributed by atoms with van der Waals surface area (Å²) in [6, 6.07) is 2.56. The molecule has 0 heterocycles. The summed E-state index contributed by atoms with van der Waals surface area (Å²) in [6.07, 6.45) is 0. The number of carboxylic acid groups (broad SMARTS) is 1. The van der Waals surface area contributed by atoms with E-state index in [-0.39, 0.29) is 10.5 Å². The second-order valence-electron chi connectivity index (χ2n) is 3.76. The smallest absolute Gasteiger partial charge is 0.335 e. The monoisotopic (exact) mass is 258 g/mol. The Labute approximate surface area is 99.6 Å². The van der Waals surface area contributed by atoms with Gasteiger partial charge in [-0.05, 0) is 37.1 Å². The minimum Gasteiger partial charge on any atom is -0.478 e. The molecule has 0 aliphatic rings. The van der Waals surface area contributed by atoms with Gasteiger partial charge in [-0.25, -0.2) is 13.2 Å². The second-order valence-corrected chi connectivity index (χ2v) is 5.84. The molecule has 1 aromatic rings. The summed E-state index contributed by atoms with van der Waals surface area (Å²) in [4.78, 5) is 10.8. The van der Waals surface area contributed by atoms with Gasteiger partial charge in [0.15, 0.2) is 9.84 Å². The fourth-order valence-corrected chi connectivity index (χ4v) is 2.90. The molecule has 5 nitrogen and oxygen atoms in total. The van der Waals surface area contributed by atoms with Crippen LogP contribution in [0.25, 0.3) is 0 Å². The summed E-state index contributed by atoms with van der Waals surface area (Å²) in [5.74, 6) is -1.58. The van der Waals surface area contributed by atoms with Gasteiger partial charge in [-0.1, -0.05) is 0 Å². The largest absolute Gasteiger partial charge is 0.478 e. The maximum atomic E-state index is 11.8. The van der Waals surface area contributed by atoms with Crippen LogP contribution in [0.1, 0.15) is 21.5 Å². The van der Waals surface area contributed by atoms with Crippen molar-refractivity contribution in [2.75, 3.05) is 12.4 Å². The number of sulfone groups is 1. The molecule has 0 radical (unpaired) electrons. The van der Waals surface area contributed by atoms with Crippen LogP contribution in [0.3, 0.4) is 0 Å². The van der Waals surface area contributed by atoms with Crippen LogP contribution in [0.2, 0.25) is 0 Å². The van der Waals surface area contributed by atoms with E-state index in [1.807, 2.05) is 0 Å². The first kappa shape index (κ1) is 13.7. The third kappa shape index (κ3) is 2.83. The molecule has 2 N–H and O–H groups in total. The van der Waals surface area contributed by atoms with Crippen molar-refractivity contribution in [3.8, 4) is 0 Å². The number of aliphatic hydroxyl groups is 1. The minimum atomic E-state index is -3.63. The highest BCUT2D eigenvalue weighted by atomic mass is 32.2. The van der Waals surface area contributed by atoms with Crippen molar-refractivity contribution in [1.82, 2.24) is 0 Å². The van der Waals surface area contributed by atoms with Crippen molar-refractivity contribution in [3.05, 3.63) is 28.8 Å². The van der Waals surface area contributed by atoms with Gasteiger partial charge in [-0.2, -0.15) is 0 Å². The first-order valence-electron chi connectivity index (χ1n) is 4.97. The molecule has 0 fully saturated rings. The molecule has 0 unspecified atom stereocenters. The molecule has 94 valence electrons. The van der Waals surface area contributed by atoms with Crippen LogP contribution >= 0.6 is 0 Å². The number of aromatic carboxylic acids is 1. The molecular formula is C11H14O5S. The first-order valence-corrected chi connectivity index (χ1v) is 6.63. The molecule has 0 aromatic heterocycles. The number of benzene rings is 1. The highest BCUT2D eigenvalue weighted by molar-refractivity contribution is 7.91. The summed E-state index contributed by atoms with van der Waals surface area (Å²) in [7, 11) is -3.63. The molecule has 0 saturated carbocycles. The van der Waals surface area contributed by atoms with Gasteiger partial charge in [-0.3, -0.25) is 0 Å². The lowest BCUT2D eigenvalue weighted by Crippen LogP contribution is -2.13. The van der Waals surface area contributed by atoms with Crippen LogP contribution in [0.5, 0.6) is 0 Å². The van der Waals surface area contributed by atoms with Crippen LogP contribution in [0, 0.1) is 13.8 Å². The standard InChI is InChI=1S/C11H14O5S/c1-7-5-9(11(13)14)6-10(8(7)2)17(15,16)4-3-12/h5-6,12H,3-4H2,1-2H3,(H,13,14). The molecule has 0 aliphatic carbocycles. The summed E-state index contributed by atoms with van der Waals surface area (Å²) in [5.41, 5.74) is 1.05. The van der Waals surface area contributed by atoms with Gasteiger partial charge in [0.05, 0.1) is 22.8 Å². The quantitative estimate of drug-likeness (QED) is 0.832. The Kier molecular flexibility index (Phi) is 3.90. The Morgan fingerprint density at radius 3 is 2.35 bits per heavy atom. The van der Waals surface area contributed by atoms with Crippen LogP contribution in [-0.2, 0) is 9.84 Å². The number of rotatable bonds is 4. The molecule has 0 bridgehead atoms. The Hall–Kier alpha value is -1.40. The normalized spacial score (nSPS) is 11.5. The lowest BCUT2D eigenvalue weighted by atomic mass is 10.1. The zero-order valence-corrected chi connectivity index (χ0v) is 10.4. The van der Waals surface area contributed by atoms with Crippen LogP contribution in [-0.4, -0.2) is 37.0 Å². The zero-order chi connectivity index (χ0) is 13.2. The maximum absolute atomic E-state index is 11.8. The molecule has 1 rings (SSSR count). The average molecular weight is 258 g/mol. The molecule has 0 saturated heterocycles. The van der Waals surface area contributed by atoms with Crippen molar-refractivity contribution >= 4 is 15.8 Å². The van der Waals surface area contributed by atoms with Crippen molar-refractivity contribution in [3.63, 3.8) is 0 Å². The van der Waals surface area contributed by atoms with Crippen molar-refractivity contribution in [2.45, 2.75) is 18.7 Å². The van der Waals surface area contributed by atoms with Gasteiger partial charge < -0.3 is 10.2 Å². The van der Waals surface area contributed by atoms with E-state index in [1.165, 1.54) is 6.07 Å². The number of carbonyl (C=O) groups is 1. The summed E-state index contributed by atoms with van der Waals surface area (Å²) in [5, 5.41) is 17.6. The van der Waals surface area contributed by atoms with Gasteiger partial charge >= 0.3 is 5.97 Å². The summed E-state index contributed by atoms with van der Waals surface area (Å²) >= 11 is 0. The molecule has 0 aliphatic heterocycles. The lowest BCUT2D eigenvalue weighted by molar-refractivity contribution is 0.0696. The summed E-state index contributed by atoms with van der Waals surface area (Å²) < 4.78 is 23.7. The van der Waals surface area contributed by atoms with Crippen LogP contribution in [0.4, 0.5) is 0 Å². The number of hydrogen-bond acceptors (Lipinski definition) is 4. The zero-order valence-electron chi connectivity index (χ0n) is 9.60. The van der Waals surface area contributed by atoms with Gasteiger partial charge in [0.25, 0.3) is 0 Å². The van der Waals surface area contributed by atoms with E-state index in [0.29, 0.717) is 11.1 Å². The third-order valence-electron chi connectivity index (χ3n) is 2.56. The topological polar surface area (TPSA) is 91.7 Å². The molecule has 0 amide bonds. The fourth-order valence-electron chi connectivity index (χ4n) is 1.50. The minimum absolute atomic E-state index is 0.0241. The maximum Gasteiger partial charge on any atom is 0.335 e. The van der Waals surface area contributed by atoms with Gasteiger partial charge in [0.2, 0.25) is 0 Å². The molecule has 17 heavy (non-hydrogen) atoms. The summed E-state index contributed by atoms with van der Waals surface area (Å²) in [6.45, 7) is 2.78. The molecular weight excluding hydrogens is 244 g/mol. The average Bonchev–Trinajstić information content (AvgIpc) is 2.21. The Bertz CT molecular complexity index is 545. The van der Waals surface area contributed by atoms with Crippen molar-refractivity contribution < 1.29 is 23.4 Å². The number of aliphatic hydroxyl groups excluding tert-OH is 1. The van der Waals surface area contributed by atoms with E-state index in [4.69, 9.17) is 10.2 Å². The van der Waals surface area contributed by atoms with E-state index < -0.39 is 28.2 Å². The van der Waals surface area contributed by atoms with E-state index >= 15 is 0 Å². The molecule has 0 spiro atoms. The fraction of sp³-hybridized carbons (Fsp3) is 0.364. The van der Waals surface area contributed by atoms with Gasteiger partial charge in [0, 0.05) is 0 Å². The Balaban J connectivity index is 3.48. The Morgan fingerprint density at radius 2 is 1.88 bits per heavy atom. The molecule has 6 heteroatoms. The lowest BCUT2D eigenvalue weighted by Gasteiger charge is -2.10. The molecule has 0 atom stereocenters. The highest BCUT2D eigenvalue weighted by Crippen LogP contribution is 2.22. The Morgan fingerprint density at radius 1 is 1.29 bits per heavy atom. The van der Waals surface area contributed by atoms with E-state index in [0.717, 1.165) is 6.07 Å². The SMILES string of the molecule is Cc1cc(C(=O)O)cc(S(=O)(=O)CCO)c1C. The number of aryl methyl sites for hydroxylation is 1.